The average Bonchev–Trinajstić information content (AvgIpc) is 3.05. The molecule has 0 aromatic heterocycles. The summed E-state index contributed by atoms with van der Waals surface area (Å²) in [5, 5.41) is 3.14. The van der Waals surface area contributed by atoms with E-state index in [2.05, 4.69) is 30.1 Å². The van der Waals surface area contributed by atoms with E-state index in [-0.39, 0.29) is 18.4 Å². The lowest BCUT2D eigenvalue weighted by molar-refractivity contribution is -0.137. The van der Waals surface area contributed by atoms with Crippen molar-refractivity contribution in [1.29, 1.82) is 0 Å². The molecule has 1 amide bonds. The molecule has 0 saturated carbocycles. The lowest BCUT2D eigenvalue weighted by Gasteiger charge is -2.39. The first-order valence-electron chi connectivity index (χ1n) is 12.6. The van der Waals surface area contributed by atoms with E-state index in [0.717, 1.165) is 55.7 Å². The van der Waals surface area contributed by atoms with Gasteiger partial charge < -0.3 is 14.8 Å². The summed E-state index contributed by atoms with van der Waals surface area (Å²) >= 11 is 0. The molecule has 2 heterocycles. The maximum Gasteiger partial charge on any atom is 0.416 e. The molecule has 2 aliphatic rings. The third-order valence-electron chi connectivity index (χ3n) is 7.64. The van der Waals surface area contributed by atoms with Crippen LogP contribution in [0.1, 0.15) is 53.5 Å². The van der Waals surface area contributed by atoms with E-state index < -0.39 is 11.7 Å². The first-order chi connectivity index (χ1) is 17.2. The van der Waals surface area contributed by atoms with Crippen molar-refractivity contribution in [1.82, 2.24) is 10.2 Å². The van der Waals surface area contributed by atoms with Gasteiger partial charge in [-0.3, -0.25) is 9.69 Å². The third-order valence-corrected chi connectivity index (χ3v) is 7.64. The van der Waals surface area contributed by atoms with Crippen molar-refractivity contribution in [3.8, 4) is 5.75 Å². The van der Waals surface area contributed by atoms with Crippen LogP contribution in [0.4, 0.5) is 13.2 Å². The maximum absolute atomic E-state index is 12.8. The highest BCUT2D eigenvalue weighted by atomic mass is 19.4. The number of piperidine rings is 1. The van der Waals surface area contributed by atoms with E-state index in [4.69, 9.17) is 9.47 Å². The number of halogens is 3. The second kappa shape index (κ2) is 11.2. The number of hydrogen-bond donors (Lipinski definition) is 1. The Morgan fingerprint density at radius 1 is 1.00 bits per heavy atom. The summed E-state index contributed by atoms with van der Waals surface area (Å²) < 4.78 is 49.2. The van der Waals surface area contributed by atoms with Crippen LogP contribution in [0.2, 0.25) is 0 Å². The summed E-state index contributed by atoms with van der Waals surface area (Å²) in [5.74, 6) is 0.758. The quantitative estimate of drug-likeness (QED) is 0.477. The number of carbonyl (C=O) groups is 1. The van der Waals surface area contributed by atoms with E-state index in [9.17, 15) is 18.0 Å². The molecular formula is C28H35F3N2O3. The molecule has 4 rings (SSSR count). The zero-order valence-corrected chi connectivity index (χ0v) is 21.2. The van der Waals surface area contributed by atoms with Gasteiger partial charge in [-0.15, -0.1) is 0 Å². The van der Waals surface area contributed by atoms with Crippen LogP contribution in [-0.2, 0) is 28.7 Å². The minimum Gasteiger partial charge on any atom is -0.491 e. The summed E-state index contributed by atoms with van der Waals surface area (Å²) in [5.41, 5.74) is 3.58. The number of fused-ring (bicyclic) bond motifs is 2. The molecule has 36 heavy (non-hydrogen) atoms. The number of nitrogens with zero attached hydrogens (tertiary/aromatic N) is 1. The van der Waals surface area contributed by atoms with Gasteiger partial charge in [0.2, 0.25) is 5.91 Å². The predicted molar refractivity (Wildman–Crippen MR) is 132 cm³/mol. The van der Waals surface area contributed by atoms with Gasteiger partial charge >= 0.3 is 6.18 Å². The molecule has 0 radical (unpaired) electrons. The number of amides is 1. The fourth-order valence-electron chi connectivity index (χ4n) is 5.54. The van der Waals surface area contributed by atoms with E-state index in [0.29, 0.717) is 30.9 Å². The van der Waals surface area contributed by atoms with Crippen molar-refractivity contribution in [2.24, 2.45) is 0 Å². The van der Waals surface area contributed by atoms with Crippen LogP contribution in [0.5, 0.6) is 5.75 Å². The fourth-order valence-corrected chi connectivity index (χ4v) is 5.54. The van der Waals surface area contributed by atoms with E-state index in [1.54, 1.807) is 7.11 Å². The van der Waals surface area contributed by atoms with Crippen LogP contribution in [0.3, 0.4) is 0 Å². The molecule has 8 heteroatoms. The van der Waals surface area contributed by atoms with Gasteiger partial charge in [0.15, 0.2) is 0 Å². The minimum absolute atomic E-state index is 0.0883. The van der Waals surface area contributed by atoms with Crippen LogP contribution in [-0.4, -0.2) is 49.3 Å². The Balaban J connectivity index is 1.32. The van der Waals surface area contributed by atoms with Gasteiger partial charge in [0.1, 0.15) is 12.4 Å². The minimum atomic E-state index is -4.37. The Hall–Kier alpha value is -2.58. The number of hydrogen-bond acceptors (Lipinski definition) is 4. The fraction of sp³-hybridized carbons (Fsp3) is 0.536. The molecule has 1 N–H and O–H groups in total. The molecule has 2 unspecified atom stereocenters. The highest BCUT2D eigenvalue weighted by Gasteiger charge is 2.41. The molecule has 2 aliphatic heterocycles. The summed E-state index contributed by atoms with van der Waals surface area (Å²) in [6, 6.07) is 9.95. The smallest absolute Gasteiger partial charge is 0.416 e. The van der Waals surface area contributed by atoms with Crippen molar-refractivity contribution >= 4 is 5.91 Å². The van der Waals surface area contributed by atoms with E-state index in [1.165, 1.54) is 23.3 Å². The standard InChI is InChI=1S/C28H35F3N2O3/c1-18-19(2)26(36-13-12-35-3)11-6-21(18)17-33-24-9-10-25(33)16-23(15-24)32-27(34)14-20-4-7-22(8-5-20)28(29,30)31/h4-8,11,23-25H,9-10,12-17H2,1-3H3,(H,32,34). The van der Waals surface area contributed by atoms with Gasteiger partial charge in [0, 0.05) is 31.8 Å². The van der Waals surface area contributed by atoms with Gasteiger partial charge in [0.25, 0.3) is 0 Å². The number of methoxy groups -OCH3 is 1. The molecule has 2 atom stereocenters. The normalized spacial score (nSPS) is 22.0. The Kier molecular flexibility index (Phi) is 8.25. The van der Waals surface area contributed by atoms with Crippen molar-refractivity contribution in [3.63, 3.8) is 0 Å². The number of benzene rings is 2. The lowest BCUT2D eigenvalue weighted by atomic mass is 9.94. The van der Waals surface area contributed by atoms with Crippen LogP contribution in [0.15, 0.2) is 36.4 Å². The molecule has 2 aromatic carbocycles. The molecular weight excluding hydrogens is 469 g/mol. The average molecular weight is 505 g/mol. The summed E-state index contributed by atoms with van der Waals surface area (Å²) in [4.78, 5) is 15.2. The molecule has 2 bridgehead atoms. The van der Waals surface area contributed by atoms with Gasteiger partial charge in [-0.25, -0.2) is 0 Å². The Labute approximate surface area is 211 Å². The monoisotopic (exact) mass is 504 g/mol. The third kappa shape index (κ3) is 6.21. The zero-order chi connectivity index (χ0) is 25.9. The number of carbonyl (C=O) groups excluding carboxylic acids is 1. The highest BCUT2D eigenvalue weighted by Crippen LogP contribution is 2.38. The first-order valence-corrected chi connectivity index (χ1v) is 12.6. The number of alkyl halides is 3. The topological polar surface area (TPSA) is 50.8 Å². The molecule has 0 aliphatic carbocycles. The van der Waals surface area contributed by atoms with Crippen LogP contribution >= 0.6 is 0 Å². The summed E-state index contributed by atoms with van der Waals surface area (Å²) in [6.45, 7) is 6.20. The van der Waals surface area contributed by atoms with Crippen molar-refractivity contribution in [3.05, 3.63) is 64.2 Å². The van der Waals surface area contributed by atoms with Gasteiger partial charge in [-0.1, -0.05) is 18.2 Å². The summed E-state index contributed by atoms with van der Waals surface area (Å²) in [6.07, 6.45) is -0.258. The van der Waals surface area contributed by atoms with Gasteiger partial charge in [-0.05, 0) is 80.0 Å². The Morgan fingerprint density at radius 2 is 1.67 bits per heavy atom. The van der Waals surface area contributed by atoms with E-state index >= 15 is 0 Å². The number of rotatable bonds is 9. The van der Waals surface area contributed by atoms with Crippen molar-refractivity contribution in [2.45, 2.75) is 76.8 Å². The van der Waals surface area contributed by atoms with Gasteiger partial charge in [0.05, 0.1) is 18.6 Å². The Bertz CT molecular complexity index is 1040. The van der Waals surface area contributed by atoms with Gasteiger partial charge in [-0.2, -0.15) is 13.2 Å². The Morgan fingerprint density at radius 3 is 2.28 bits per heavy atom. The maximum atomic E-state index is 12.8. The highest BCUT2D eigenvalue weighted by molar-refractivity contribution is 5.78. The summed E-state index contributed by atoms with van der Waals surface area (Å²) in [7, 11) is 1.66. The van der Waals surface area contributed by atoms with Crippen LogP contribution < -0.4 is 10.1 Å². The number of nitrogens with one attached hydrogen (secondary N) is 1. The molecule has 2 aromatic rings. The largest absolute Gasteiger partial charge is 0.491 e. The first kappa shape index (κ1) is 26.5. The second-order valence-electron chi connectivity index (χ2n) is 9.98. The molecule has 2 saturated heterocycles. The zero-order valence-electron chi connectivity index (χ0n) is 21.2. The molecule has 5 nitrogen and oxygen atoms in total. The SMILES string of the molecule is COCCOc1ccc(CN2C3CCC2CC(NC(=O)Cc2ccc(C(F)(F)F)cc2)C3)c(C)c1C. The van der Waals surface area contributed by atoms with Crippen LogP contribution in [0.25, 0.3) is 0 Å². The second-order valence-corrected chi connectivity index (χ2v) is 9.98. The van der Waals surface area contributed by atoms with Crippen LogP contribution in [0, 0.1) is 13.8 Å². The molecule has 0 spiro atoms. The lowest BCUT2D eigenvalue weighted by Crippen LogP contribution is -2.50. The van der Waals surface area contributed by atoms with E-state index in [1.807, 2.05) is 6.07 Å². The van der Waals surface area contributed by atoms with Crippen molar-refractivity contribution in [2.75, 3.05) is 20.3 Å². The number of ether oxygens (including phenoxy) is 2. The predicted octanol–water partition coefficient (Wildman–Crippen LogP) is 5.20. The van der Waals surface area contributed by atoms with Crippen molar-refractivity contribution < 1.29 is 27.4 Å². The molecule has 2 fully saturated rings. The molecule has 196 valence electrons.